The van der Waals surface area contributed by atoms with Crippen LogP contribution in [0.25, 0.3) is 10.2 Å². The van der Waals surface area contributed by atoms with Crippen LogP contribution in [-0.4, -0.2) is 15.0 Å². The maximum atomic E-state index is 5.71. The fraction of sp³-hybridized carbons (Fsp3) is 0.154. The molecule has 19 heavy (non-hydrogen) atoms. The Morgan fingerprint density at radius 2 is 2.05 bits per heavy atom. The molecule has 0 saturated carbocycles. The molecule has 0 bridgehead atoms. The van der Waals surface area contributed by atoms with Crippen molar-refractivity contribution < 1.29 is 0 Å². The van der Waals surface area contributed by atoms with Crippen LogP contribution in [0.3, 0.4) is 0 Å². The molecule has 0 fully saturated rings. The van der Waals surface area contributed by atoms with Crippen molar-refractivity contribution in [3.8, 4) is 0 Å². The highest BCUT2D eigenvalue weighted by atomic mass is 32.2. The summed E-state index contributed by atoms with van der Waals surface area (Å²) in [6.07, 6.45) is 0. The van der Waals surface area contributed by atoms with Crippen molar-refractivity contribution in [1.82, 2.24) is 15.0 Å². The highest BCUT2D eigenvalue weighted by Crippen LogP contribution is 2.27. The molecule has 2 heterocycles. The molecule has 0 amide bonds. The van der Waals surface area contributed by atoms with Crippen LogP contribution in [0, 0.1) is 6.92 Å². The average molecular weight is 288 g/mol. The number of thiazole rings is 1. The Hall–Kier alpha value is -1.66. The van der Waals surface area contributed by atoms with Crippen LogP contribution in [0.2, 0.25) is 0 Å². The van der Waals surface area contributed by atoms with Gasteiger partial charge in [0, 0.05) is 11.8 Å². The van der Waals surface area contributed by atoms with Crippen molar-refractivity contribution in [1.29, 1.82) is 0 Å². The quantitative estimate of drug-likeness (QED) is 0.592. The molecule has 0 unspecified atom stereocenters. The molecule has 4 nitrogen and oxygen atoms in total. The third-order valence-corrected chi connectivity index (χ3v) is 4.59. The number of fused-ring (bicyclic) bond motifs is 1. The van der Waals surface area contributed by atoms with Crippen LogP contribution in [0.5, 0.6) is 0 Å². The molecule has 0 aliphatic carbocycles. The molecule has 0 radical (unpaired) electrons. The van der Waals surface area contributed by atoms with Gasteiger partial charge < -0.3 is 5.73 Å². The minimum atomic E-state index is 0.513. The van der Waals surface area contributed by atoms with Gasteiger partial charge in [-0.1, -0.05) is 23.9 Å². The molecule has 2 N–H and O–H groups in total. The smallest absolute Gasteiger partial charge is 0.190 e. The van der Waals surface area contributed by atoms with Crippen molar-refractivity contribution in [2.75, 3.05) is 5.73 Å². The fourth-order valence-corrected chi connectivity index (χ4v) is 3.61. The van der Waals surface area contributed by atoms with Crippen molar-refractivity contribution in [3.05, 3.63) is 41.0 Å². The SMILES string of the molecule is Cc1cc(N)nc(SCc2nc3ccccc3s2)n1. The minimum absolute atomic E-state index is 0.513. The van der Waals surface area contributed by atoms with Gasteiger partial charge in [-0.2, -0.15) is 0 Å². The van der Waals surface area contributed by atoms with Gasteiger partial charge in [0.15, 0.2) is 5.16 Å². The van der Waals surface area contributed by atoms with E-state index in [-0.39, 0.29) is 0 Å². The largest absolute Gasteiger partial charge is 0.384 e. The first kappa shape index (κ1) is 12.4. The summed E-state index contributed by atoms with van der Waals surface area (Å²) in [6, 6.07) is 9.91. The van der Waals surface area contributed by atoms with Crippen LogP contribution >= 0.6 is 23.1 Å². The maximum Gasteiger partial charge on any atom is 0.190 e. The van der Waals surface area contributed by atoms with E-state index in [1.807, 2.05) is 25.1 Å². The Morgan fingerprint density at radius 3 is 2.84 bits per heavy atom. The molecular formula is C13H12N4S2. The third-order valence-electron chi connectivity index (χ3n) is 2.52. The molecule has 0 saturated heterocycles. The Bertz CT molecular complexity index is 670. The second-order valence-corrected chi connectivity index (χ2v) is 6.14. The lowest BCUT2D eigenvalue weighted by atomic mass is 10.3. The zero-order valence-electron chi connectivity index (χ0n) is 10.3. The monoisotopic (exact) mass is 288 g/mol. The molecule has 0 aliphatic heterocycles. The molecule has 0 aliphatic rings. The van der Waals surface area contributed by atoms with Crippen molar-refractivity contribution >= 4 is 39.1 Å². The zero-order chi connectivity index (χ0) is 13.2. The van der Waals surface area contributed by atoms with Gasteiger partial charge in [-0.05, 0) is 19.1 Å². The number of thioether (sulfide) groups is 1. The Morgan fingerprint density at radius 1 is 1.21 bits per heavy atom. The van der Waals surface area contributed by atoms with Crippen molar-refractivity contribution in [2.45, 2.75) is 17.8 Å². The number of aromatic nitrogens is 3. The van der Waals surface area contributed by atoms with E-state index in [0.717, 1.165) is 22.0 Å². The molecule has 0 atom stereocenters. The Kier molecular flexibility index (Phi) is 3.35. The lowest BCUT2D eigenvalue weighted by Gasteiger charge is -2.00. The van der Waals surface area contributed by atoms with Crippen LogP contribution in [0.1, 0.15) is 10.7 Å². The fourth-order valence-electron chi connectivity index (χ4n) is 1.74. The summed E-state index contributed by atoms with van der Waals surface area (Å²) in [4.78, 5) is 13.1. The van der Waals surface area contributed by atoms with E-state index < -0.39 is 0 Å². The molecule has 0 spiro atoms. The number of hydrogen-bond acceptors (Lipinski definition) is 6. The summed E-state index contributed by atoms with van der Waals surface area (Å²) in [5.74, 6) is 1.28. The van der Waals surface area contributed by atoms with E-state index in [1.165, 1.54) is 4.70 Å². The van der Waals surface area contributed by atoms with Gasteiger partial charge in [-0.3, -0.25) is 0 Å². The number of anilines is 1. The summed E-state index contributed by atoms with van der Waals surface area (Å²) in [5, 5.41) is 1.78. The van der Waals surface area contributed by atoms with E-state index >= 15 is 0 Å². The first-order valence-electron chi connectivity index (χ1n) is 5.79. The van der Waals surface area contributed by atoms with Gasteiger partial charge >= 0.3 is 0 Å². The predicted molar refractivity (Wildman–Crippen MR) is 80.4 cm³/mol. The molecule has 2 aromatic heterocycles. The molecule has 3 aromatic rings. The first-order chi connectivity index (χ1) is 9.20. The molecule has 1 aromatic carbocycles. The third kappa shape index (κ3) is 2.85. The molecule has 96 valence electrons. The lowest BCUT2D eigenvalue weighted by Crippen LogP contribution is -1.96. The van der Waals surface area contributed by atoms with E-state index in [4.69, 9.17) is 5.73 Å². The van der Waals surface area contributed by atoms with Gasteiger partial charge in [0.1, 0.15) is 10.8 Å². The molecule has 6 heteroatoms. The number of benzene rings is 1. The number of hydrogen-bond donors (Lipinski definition) is 1. The van der Waals surface area contributed by atoms with Gasteiger partial charge in [-0.25, -0.2) is 15.0 Å². The van der Waals surface area contributed by atoms with E-state index in [2.05, 4.69) is 21.0 Å². The summed E-state index contributed by atoms with van der Waals surface area (Å²) in [5.41, 5.74) is 7.65. The second-order valence-electron chi connectivity index (χ2n) is 4.08. The lowest BCUT2D eigenvalue weighted by molar-refractivity contribution is 0.940. The standard InChI is InChI=1S/C13H12N4S2/c1-8-6-11(14)17-13(15-8)18-7-12-16-9-4-2-3-5-10(9)19-12/h2-6H,7H2,1H3,(H2,14,15,17). The topological polar surface area (TPSA) is 64.7 Å². The first-order valence-corrected chi connectivity index (χ1v) is 7.59. The maximum absolute atomic E-state index is 5.71. The van der Waals surface area contributed by atoms with Crippen LogP contribution in [0.4, 0.5) is 5.82 Å². The van der Waals surface area contributed by atoms with Gasteiger partial charge in [0.25, 0.3) is 0 Å². The van der Waals surface area contributed by atoms with Crippen LogP contribution < -0.4 is 5.73 Å². The number of rotatable bonds is 3. The molecule has 3 rings (SSSR count). The summed E-state index contributed by atoms with van der Waals surface area (Å²) in [7, 11) is 0. The van der Waals surface area contributed by atoms with Crippen LogP contribution in [0.15, 0.2) is 35.5 Å². The zero-order valence-corrected chi connectivity index (χ0v) is 12.0. The van der Waals surface area contributed by atoms with Crippen molar-refractivity contribution in [3.63, 3.8) is 0 Å². The van der Waals surface area contributed by atoms with Crippen LogP contribution in [-0.2, 0) is 5.75 Å². The van der Waals surface area contributed by atoms with E-state index in [9.17, 15) is 0 Å². The second kappa shape index (κ2) is 5.14. The average Bonchev–Trinajstić information content (AvgIpc) is 2.78. The van der Waals surface area contributed by atoms with E-state index in [1.54, 1.807) is 29.2 Å². The highest BCUT2D eigenvalue weighted by molar-refractivity contribution is 7.98. The van der Waals surface area contributed by atoms with Gasteiger partial charge in [0.05, 0.1) is 16.0 Å². The van der Waals surface area contributed by atoms with Gasteiger partial charge in [-0.15, -0.1) is 11.3 Å². The Balaban J connectivity index is 1.78. The number of nitrogens with zero attached hydrogens (tertiary/aromatic N) is 3. The summed E-state index contributed by atoms with van der Waals surface area (Å²) in [6.45, 7) is 1.92. The molecular weight excluding hydrogens is 276 g/mol. The number of para-hydroxylation sites is 1. The summed E-state index contributed by atoms with van der Waals surface area (Å²) < 4.78 is 1.21. The van der Waals surface area contributed by atoms with Crippen molar-refractivity contribution in [2.24, 2.45) is 0 Å². The number of aryl methyl sites for hydroxylation is 1. The minimum Gasteiger partial charge on any atom is -0.384 e. The number of nitrogens with two attached hydrogens (primary N) is 1. The Labute approximate surface area is 119 Å². The summed E-state index contributed by atoms with van der Waals surface area (Å²) >= 11 is 3.27. The normalized spacial score (nSPS) is 11.0. The highest BCUT2D eigenvalue weighted by Gasteiger charge is 2.06. The number of nitrogen functional groups attached to an aromatic ring is 1. The predicted octanol–water partition coefficient (Wildman–Crippen LogP) is 3.27. The van der Waals surface area contributed by atoms with Gasteiger partial charge in [0.2, 0.25) is 0 Å². The van der Waals surface area contributed by atoms with E-state index in [0.29, 0.717) is 11.0 Å².